The monoisotopic (exact) mass is 450 g/mol. The van der Waals surface area contributed by atoms with E-state index in [9.17, 15) is 33.4 Å². The van der Waals surface area contributed by atoms with E-state index in [4.69, 9.17) is 0 Å². The van der Waals surface area contributed by atoms with Crippen LogP contribution in [0.3, 0.4) is 0 Å². The third-order valence-corrected chi connectivity index (χ3v) is 6.24. The molecule has 166 valence electrons. The molecule has 0 heterocycles. The summed E-state index contributed by atoms with van der Waals surface area (Å²) in [7, 11) is -3.69. The topological polar surface area (TPSA) is 153 Å². The minimum absolute atomic E-state index is 0.0636. The Bertz CT molecular complexity index is 1080. The standard InChI is InChI=1S/C19H22N4O7S/c1-3-11-21(12-4-2)31(29,30)16-8-5-14(6-9-16)20-19(24)17-10-7-15(22(25)26)13-18(17)23(27)28/h5-10,13H,3-4,11-12H2,1-2H3,(H,20,24). The van der Waals surface area contributed by atoms with Crippen LogP contribution in [-0.2, 0) is 10.0 Å². The molecule has 0 bridgehead atoms. The minimum atomic E-state index is -3.69. The Kier molecular flexibility index (Phi) is 7.78. The fourth-order valence-corrected chi connectivity index (χ4v) is 4.51. The molecule has 0 saturated carbocycles. The number of hydrogen-bond donors (Lipinski definition) is 1. The molecule has 31 heavy (non-hydrogen) atoms. The zero-order chi connectivity index (χ0) is 23.2. The summed E-state index contributed by atoms with van der Waals surface area (Å²) >= 11 is 0. The van der Waals surface area contributed by atoms with Gasteiger partial charge in [0.1, 0.15) is 5.56 Å². The van der Waals surface area contributed by atoms with E-state index in [1.165, 1.54) is 28.6 Å². The maximum Gasteiger partial charge on any atom is 0.289 e. The van der Waals surface area contributed by atoms with Gasteiger partial charge in [0.25, 0.3) is 17.3 Å². The van der Waals surface area contributed by atoms with Crippen LogP contribution in [0, 0.1) is 20.2 Å². The predicted octanol–water partition coefficient (Wildman–Crippen LogP) is 3.57. The fraction of sp³-hybridized carbons (Fsp3) is 0.316. The van der Waals surface area contributed by atoms with Crippen molar-refractivity contribution < 1.29 is 23.1 Å². The average Bonchev–Trinajstić information content (AvgIpc) is 2.73. The second-order valence-electron chi connectivity index (χ2n) is 6.60. The zero-order valence-corrected chi connectivity index (χ0v) is 17.8. The molecule has 1 N–H and O–H groups in total. The van der Waals surface area contributed by atoms with Gasteiger partial charge in [-0.1, -0.05) is 13.8 Å². The Labute approximate surface area is 179 Å². The molecule has 0 aliphatic heterocycles. The first-order valence-corrected chi connectivity index (χ1v) is 10.9. The van der Waals surface area contributed by atoms with E-state index in [0.29, 0.717) is 32.0 Å². The van der Waals surface area contributed by atoms with E-state index in [0.717, 1.165) is 12.1 Å². The summed E-state index contributed by atoms with van der Waals surface area (Å²) in [5.74, 6) is -0.851. The predicted molar refractivity (Wildman–Crippen MR) is 113 cm³/mol. The van der Waals surface area contributed by atoms with Crippen LogP contribution in [0.25, 0.3) is 0 Å². The second kappa shape index (κ2) is 10.1. The van der Waals surface area contributed by atoms with Crippen LogP contribution < -0.4 is 5.32 Å². The van der Waals surface area contributed by atoms with Gasteiger partial charge in [-0.15, -0.1) is 0 Å². The van der Waals surface area contributed by atoms with E-state index in [2.05, 4.69) is 5.32 Å². The van der Waals surface area contributed by atoms with Crippen LogP contribution in [0.2, 0.25) is 0 Å². The Morgan fingerprint density at radius 1 is 0.968 bits per heavy atom. The first-order chi connectivity index (χ1) is 14.6. The van der Waals surface area contributed by atoms with Crippen molar-refractivity contribution in [1.29, 1.82) is 0 Å². The summed E-state index contributed by atoms with van der Waals surface area (Å²) in [5, 5.41) is 24.5. The number of nitro benzene ring substituents is 2. The normalized spacial score (nSPS) is 11.3. The van der Waals surface area contributed by atoms with E-state index in [-0.39, 0.29) is 16.1 Å². The van der Waals surface area contributed by atoms with Crippen molar-refractivity contribution in [2.45, 2.75) is 31.6 Å². The summed E-state index contributed by atoms with van der Waals surface area (Å²) in [6, 6.07) is 8.13. The number of amides is 1. The molecule has 12 heteroatoms. The van der Waals surface area contributed by atoms with Crippen LogP contribution >= 0.6 is 0 Å². The number of sulfonamides is 1. The molecule has 2 aromatic rings. The highest BCUT2D eigenvalue weighted by atomic mass is 32.2. The lowest BCUT2D eigenvalue weighted by atomic mass is 10.1. The number of nitrogens with zero attached hydrogens (tertiary/aromatic N) is 3. The van der Waals surface area contributed by atoms with Gasteiger partial charge in [0.05, 0.1) is 20.8 Å². The van der Waals surface area contributed by atoms with E-state index in [1.54, 1.807) is 0 Å². The summed E-state index contributed by atoms with van der Waals surface area (Å²) in [4.78, 5) is 32.9. The molecule has 0 aromatic heterocycles. The third-order valence-electron chi connectivity index (χ3n) is 4.33. The molecule has 1 amide bonds. The summed E-state index contributed by atoms with van der Waals surface area (Å²) < 4.78 is 27.0. The van der Waals surface area contributed by atoms with Gasteiger partial charge in [0.15, 0.2) is 0 Å². The number of carbonyl (C=O) groups is 1. The van der Waals surface area contributed by atoms with Gasteiger partial charge in [-0.25, -0.2) is 8.42 Å². The van der Waals surface area contributed by atoms with Crippen LogP contribution in [0.5, 0.6) is 0 Å². The quantitative estimate of drug-likeness (QED) is 0.429. The van der Waals surface area contributed by atoms with Gasteiger partial charge < -0.3 is 5.32 Å². The van der Waals surface area contributed by atoms with Crippen LogP contribution in [0.1, 0.15) is 37.0 Å². The molecular formula is C19H22N4O7S. The largest absolute Gasteiger partial charge is 0.322 e. The van der Waals surface area contributed by atoms with Gasteiger partial charge in [0.2, 0.25) is 10.0 Å². The van der Waals surface area contributed by atoms with Gasteiger partial charge in [-0.05, 0) is 43.2 Å². The summed E-state index contributed by atoms with van der Waals surface area (Å²) in [6.07, 6.45) is 1.34. The van der Waals surface area contributed by atoms with Gasteiger partial charge >= 0.3 is 0 Å². The number of hydrogen-bond acceptors (Lipinski definition) is 7. The molecule has 0 unspecified atom stereocenters. The van der Waals surface area contributed by atoms with Crippen molar-refractivity contribution in [3.8, 4) is 0 Å². The lowest BCUT2D eigenvalue weighted by Gasteiger charge is -2.21. The Morgan fingerprint density at radius 3 is 2.03 bits per heavy atom. The van der Waals surface area contributed by atoms with Crippen molar-refractivity contribution in [2.75, 3.05) is 18.4 Å². The Hall–Kier alpha value is -3.38. The molecule has 11 nitrogen and oxygen atoms in total. The Morgan fingerprint density at radius 2 is 1.55 bits per heavy atom. The van der Waals surface area contributed by atoms with Crippen molar-refractivity contribution in [2.24, 2.45) is 0 Å². The van der Waals surface area contributed by atoms with Crippen LogP contribution in [0.15, 0.2) is 47.4 Å². The smallest absolute Gasteiger partial charge is 0.289 e. The van der Waals surface area contributed by atoms with E-state index < -0.39 is 37.2 Å². The van der Waals surface area contributed by atoms with Crippen molar-refractivity contribution in [3.63, 3.8) is 0 Å². The highest BCUT2D eigenvalue weighted by molar-refractivity contribution is 7.89. The maximum atomic E-state index is 12.8. The number of nitro groups is 2. The maximum absolute atomic E-state index is 12.8. The van der Waals surface area contributed by atoms with Gasteiger partial charge in [-0.2, -0.15) is 4.31 Å². The minimum Gasteiger partial charge on any atom is -0.322 e. The first-order valence-electron chi connectivity index (χ1n) is 9.46. The molecule has 2 aromatic carbocycles. The van der Waals surface area contributed by atoms with Crippen LogP contribution in [-0.4, -0.2) is 41.6 Å². The summed E-state index contributed by atoms with van der Waals surface area (Å²) in [5.41, 5.74) is -1.36. The third kappa shape index (κ3) is 5.61. The first kappa shape index (κ1) is 23.9. The number of anilines is 1. The fourth-order valence-electron chi connectivity index (χ4n) is 2.89. The van der Waals surface area contributed by atoms with Crippen molar-refractivity contribution in [3.05, 3.63) is 68.3 Å². The zero-order valence-electron chi connectivity index (χ0n) is 17.0. The van der Waals surface area contributed by atoms with E-state index >= 15 is 0 Å². The SMILES string of the molecule is CCCN(CCC)S(=O)(=O)c1ccc(NC(=O)c2ccc([N+](=O)[O-])cc2[N+](=O)[O-])cc1. The number of benzene rings is 2. The van der Waals surface area contributed by atoms with Crippen molar-refractivity contribution in [1.82, 2.24) is 4.31 Å². The Balaban J connectivity index is 2.26. The van der Waals surface area contributed by atoms with Crippen LogP contribution in [0.4, 0.5) is 17.1 Å². The highest BCUT2D eigenvalue weighted by Crippen LogP contribution is 2.26. The molecule has 2 rings (SSSR count). The van der Waals surface area contributed by atoms with E-state index in [1.807, 2.05) is 13.8 Å². The molecule has 0 aliphatic carbocycles. The molecule has 0 fully saturated rings. The number of non-ortho nitro benzene ring substituents is 1. The lowest BCUT2D eigenvalue weighted by molar-refractivity contribution is -0.394. The van der Waals surface area contributed by atoms with Crippen molar-refractivity contribution >= 4 is 33.0 Å². The highest BCUT2D eigenvalue weighted by Gasteiger charge is 2.25. The number of carbonyl (C=O) groups excluding carboxylic acids is 1. The molecule has 0 atom stereocenters. The molecular weight excluding hydrogens is 428 g/mol. The second-order valence-corrected chi connectivity index (χ2v) is 8.54. The molecule has 0 radical (unpaired) electrons. The van der Waals surface area contributed by atoms with Gasteiger partial charge in [0, 0.05) is 24.8 Å². The van der Waals surface area contributed by atoms with Gasteiger partial charge in [-0.3, -0.25) is 25.0 Å². The number of rotatable bonds is 10. The summed E-state index contributed by atoms with van der Waals surface area (Å²) in [6.45, 7) is 4.54. The molecule has 0 spiro atoms. The average molecular weight is 450 g/mol. The molecule has 0 saturated heterocycles. The lowest BCUT2D eigenvalue weighted by Crippen LogP contribution is -2.32. The molecule has 0 aliphatic rings. The number of nitrogens with one attached hydrogen (secondary N) is 1.